The zero-order chi connectivity index (χ0) is 21.7. The quantitative estimate of drug-likeness (QED) is 0.658. The summed E-state index contributed by atoms with van der Waals surface area (Å²) in [4.78, 5) is 41.6. The van der Waals surface area contributed by atoms with Crippen molar-refractivity contribution < 1.29 is 23.3 Å². The van der Waals surface area contributed by atoms with Crippen molar-refractivity contribution in [3.8, 4) is 0 Å². The molecule has 0 aromatic heterocycles. The Morgan fingerprint density at radius 1 is 1.03 bits per heavy atom. The van der Waals surface area contributed by atoms with Gasteiger partial charge in [0.25, 0.3) is 0 Å². The van der Waals surface area contributed by atoms with Crippen LogP contribution in [0.15, 0.2) is 30.3 Å². The molecule has 30 heavy (non-hydrogen) atoms. The molecule has 2 aliphatic heterocycles. The molecule has 164 valence electrons. The Labute approximate surface area is 180 Å². The number of likely N-dealkylation sites (tertiary alicyclic amines) is 2. The number of carbonyl (C=O) groups excluding carboxylic acids is 3. The van der Waals surface area contributed by atoms with Crippen LogP contribution in [0.1, 0.15) is 45.1 Å². The van der Waals surface area contributed by atoms with Crippen LogP contribution in [0, 0.1) is 0 Å². The Hall–Kier alpha value is -2.22. The van der Waals surface area contributed by atoms with Crippen molar-refractivity contribution in [3.63, 3.8) is 0 Å². The van der Waals surface area contributed by atoms with Crippen molar-refractivity contribution in [2.45, 2.75) is 63.5 Å². The first-order chi connectivity index (χ1) is 14.4. The third kappa shape index (κ3) is 5.28. The second kappa shape index (κ2) is 10.2. The van der Waals surface area contributed by atoms with E-state index in [2.05, 4.69) is 0 Å². The minimum Gasteiger partial charge on any atom is -0.445 e. The van der Waals surface area contributed by atoms with E-state index in [9.17, 15) is 18.6 Å². The van der Waals surface area contributed by atoms with Gasteiger partial charge in [-0.1, -0.05) is 44.2 Å². The predicted molar refractivity (Wildman–Crippen MR) is 114 cm³/mol. The van der Waals surface area contributed by atoms with Crippen molar-refractivity contribution in [2.24, 2.45) is 0 Å². The van der Waals surface area contributed by atoms with Crippen LogP contribution in [0.5, 0.6) is 0 Å². The lowest BCUT2D eigenvalue weighted by Gasteiger charge is -2.30. The van der Waals surface area contributed by atoms with E-state index in [0.717, 1.165) is 18.4 Å². The largest absolute Gasteiger partial charge is 0.445 e. The van der Waals surface area contributed by atoms with E-state index in [1.165, 1.54) is 4.90 Å². The molecule has 2 amide bonds. The number of ketones is 1. The summed E-state index contributed by atoms with van der Waals surface area (Å²) in [5.74, 6) is -0.376. The Morgan fingerprint density at radius 3 is 2.33 bits per heavy atom. The van der Waals surface area contributed by atoms with Gasteiger partial charge < -0.3 is 9.64 Å². The predicted octanol–water partition coefficient (Wildman–Crippen LogP) is 2.50. The van der Waals surface area contributed by atoms with Gasteiger partial charge in [0, 0.05) is 29.1 Å². The standard InChI is InChI=1S/C22H30N2O5S/c1-16(2)30(28)15-20(25)18-10-6-12-23(18)21(26)19-11-7-13-24(19)22(27)29-14-17-8-4-3-5-9-17/h3-5,8-9,16,18-19H,6-7,10-15H2,1-2H3/t18-,19+,30?/m0/s1. The average Bonchev–Trinajstić information content (AvgIpc) is 3.42. The summed E-state index contributed by atoms with van der Waals surface area (Å²) in [6.45, 7) is 4.75. The maximum Gasteiger partial charge on any atom is 0.410 e. The number of rotatable bonds is 7. The van der Waals surface area contributed by atoms with Gasteiger partial charge in [-0.25, -0.2) is 4.79 Å². The van der Waals surface area contributed by atoms with Crippen molar-refractivity contribution in [1.82, 2.24) is 9.80 Å². The summed E-state index contributed by atoms with van der Waals surface area (Å²) in [6, 6.07) is 8.26. The maximum atomic E-state index is 13.2. The second-order valence-electron chi connectivity index (χ2n) is 8.12. The third-order valence-corrected chi connectivity index (χ3v) is 7.32. The highest BCUT2D eigenvalue weighted by Crippen LogP contribution is 2.26. The number of benzene rings is 1. The molecule has 7 nitrogen and oxygen atoms in total. The first-order valence-electron chi connectivity index (χ1n) is 10.6. The molecule has 0 aliphatic carbocycles. The molecule has 2 fully saturated rings. The van der Waals surface area contributed by atoms with Crippen LogP contribution in [0.3, 0.4) is 0 Å². The van der Waals surface area contributed by atoms with Crippen LogP contribution >= 0.6 is 0 Å². The number of ether oxygens (including phenoxy) is 1. The van der Waals surface area contributed by atoms with Crippen molar-refractivity contribution in [2.75, 3.05) is 18.8 Å². The summed E-state index contributed by atoms with van der Waals surface area (Å²) >= 11 is 0. The molecule has 1 unspecified atom stereocenters. The van der Waals surface area contributed by atoms with E-state index >= 15 is 0 Å². The molecule has 0 bridgehead atoms. The topological polar surface area (TPSA) is 84.0 Å². The van der Waals surface area contributed by atoms with Crippen LogP contribution in [0.25, 0.3) is 0 Å². The second-order valence-corrected chi connectivity index (χ2v) is 10.1. The molecule has 8 heteroatoms. The van der Waals surface area contributed by atoms with Crippen LogP contribution in [0.4, 0.5) is 4.79 Å². The average molecular weight is 435 g/mol. The Kier molecular flexibility index (Phi) is 7.64. The molecule has 2 heterocycles. The van der Waals surface area contributed by atoms with E-state index in [1.54, 1.807) is 4.90 Å². The molecule has 2 saturated heterocycles. The first kappa shape index (κ1) is 22.5. The van der Waals surface area contributed by atoms with Gasteiger partial charge in [0.15, 0.2) is 5.78 Å². The first-order valence-corrected chi connectivity index (χ1v) is 11.9. The van der Waals surface area contributed by atoms with Crippen LogP contribution < -0.4 is 0 Å². The normalized spacial score (nSPS) is 22.4. The molecule has 0 N–H and O–H groups in total. The van der Waals surface area contributed by atoms with Gasteiger partial charge in [-0.05, 0) is 31.2 Å². The number of hydrogen-bond acceptors (Lipinski definition) is 5. The Morgan fingerprint density at radius 2 is 1.67 bits per heavy atom. The lowest BCUT2D eigenvalue weighted by molar-refractivity contribution is -0.140. The molecule has 0 saturated carbocycles. The Balaban J connectivity index is 1.61. The van der Waals surface area contributed by atoms with Gasteiger partial charge in [-0.15, -0.1) is 0 Å². The molecule has 2 aliphatic rings. The fraction of sp³-hybridized carbons (Fsp3) is 0.591. The fourth-order valence-electron chi connectivity index (χ4n) is 4.00. The highest BCUT2D eigenvalue weighted by molar-refractivity contribution is 7.86. The van der Waals surface area contributed by atoms with E-state index in [0.29, 0.717) is 25.9 Å². The number of carbonyl (C=O) groups is 3. The number of amides is 2. The molecule has 3 rings (SSSR count). The summed E-state index contributed by atoms with van der Waals surface area (Å²) in [7, 11) is -1.24. The fourth-order valence-corrected chi connectivity index (χ4v) is 4.81. The zero-order valence-corrected chi connectivity index (χ0v) is 18.4. The Bertz CT molecular complexity index is 798. The lowest BCUT2D eigenvalue weighted by Crippen LogP contribution is -2.51. The maximum absolute atomic E-state index is 13.2. The van der Waals surface area contributed by atoms with Gasteiger partial charge in [-0.2, -0.15) is 0 Å². The van der Waals surface area contributed by atoms with E-state index in [4.69, 9.17) is 4.74 Å². The van der Waals surface area contributed by atoms with Crippen LogP contribution in [0.2, 0.25) is 0 Å². The molecular formula is C22H30N2O5S. The number of Topliss-reactive ketones (excluding diaryl/α,β-unsaturated/α-hetero) is 1. The molecule has 1 aromatic carbocycles. The highest BCUT2D eigenvalue weighted by atomic mass is 32.2. The van der Waals surface area contributed by atoms with Crippen LogP contribution in [-0.2, 0) is 31.7 Å². The zero-order valence-electron chi connectivity index (χ0n) is 17.6. The molecule has 0 radical (unpaired) electrons. The van der Waals surface area contributed by atoms with E-state index in [1.807, 2.05) is 44.2 Å². The van der Waals surface area contributed by atoms with Gasteiger partial charge in [0.2, 0.25) is 5.91 Å². The summed E-state index contributed by atoms with van der Waals surface area (Å²) in [6.07, 6.45) is 2.11. The van der Waals surface area contributed by atoms with E-state index in [-0.39, 0.29) is 29.3 Å². The summed E-state index contributed by atoms with van der Waals surface area (Å²) < 4.78 is 17.5. The SMILES string of the molecule is CC(C)S(=O)CC(=O)[C@@H]1CCCN1C(=O)[C@H]1CCCN1C(=O)OCc1ccccc1. The minimum atomic E-state index is -1.24. The monoisotopic (exact) mass is 434 g/mol. The van der Waals surface area contributed by atoms with Gasteiger partial charge >= 0.3 is 6.09 Å². The lowest BCUT2D eigenvalue weighted by atomic mass is 10.1. The number of nitrogens with zero attached hydrogens (tertiary/aromatic N) is 2. The number of hydrogen-bond donors (Lipinski definition) is 0. The summed E-state index contributed by atoms with van der Waals surface area (Å²) in [5, 5.41) is -0.0933. The smallest absolute Gasteiger partial charge is 0.410 e. The molecule has 3 atom stereocenters. The molecule has 1 aromatic rings. The van der Waals surface area contributed by atoms with Gasteiger partial charge in [0.1, 0.15) is 12.6 Å². The van der Waals surface area contributed by atoms with Crippen LogP contribution in [-0.4, -0.2) is 68.0 Å². The van der Waals surface area contributed by atoms with Crippen molar-refractivity contribution >= 4 is 28.6 Å². The highest BCUT2D eigenvalue weighted by Gasteiger charge is 2.42. The van der Waals surface area contributed by atoms with Gasteiger partial charge in [0.05, 0.1) is 11.8 Å². The molecule has 0 spiro atoms. The summed E-state index contributed by atoms with van der Waals surface area (Å²) in [5.41, 5.74) is 0.885. The van der Waals surface area contributed by atoms with Crippen molar-refractivity contribution in [3.05, 3.63) is 35.9 Å². The minimum absolute atomic E-state index is 0.0282. The molecular weight excluding hydrogens is 404 g/mol. The van der Waals surface area contributed by atoms with Gasteiger partial charge in [-0.3, -0.25) is 18.7 Å². The van der Waals surface area contributed by atoms with E-state index < -0.39 is 29.0 Å². The third-order valence-electron chi connectivity index (χ3n) is 5.70. The van der Waals surface area contributed by atoms with Crippen molar-refractivity contribution in [1.29, 1.82) is 0 Å².